The van der Waals surface area contributed by atoms with Gasteiger partial charge in [0.2, 0.25) is 6.10 Å². The topological polar surface area (TPSA) is 147 Å². The lowest BCUT2D eigenvalue weighted by molar-refractivity contribution is -0.207. The summed E-state index contributed by atoms with van der Waals surface area (Å²) in [4.78, 5) is 33.9. The molecule has 0 unspecified atom stereocenters. The number of carboxylic acids is 1. The van der Waals surface area contributed by atoms with Crippen molar-refractivity contribution >= 4 is 22.9 Å². The van der Waals surface area contributed by atoms with Crippen molar-refractivity contribution < 1.29 is 46.5 Å². The number of ether oxygens (including phenoxy) is 3. The zero-order valence-electron chi connectivity index (χ0n) is 14.7. The van der Waals surface area contributed by atoms with Gasteiger partial charge in [0.15, 0.2) is 11.5 Å². The van der Waals surface area contributed by atoms with Crippen molar-refractivity contribution in [2.75, 3.05) is 14.2 Å². The first-order valence-electron chi connectivity index (χ1n) is 7.26. The summed E-state index contributed by atoms with van der Waals surface area (Å²) in [6, 6.07) is 3.55. The molecule has 12 heteroatoms. The van der Waals surface area contributed by atoms with Crippen LogP contribution in [0, 0.1) is 0 Å². The first kappa shape index (κ1) is 22.8. The van der Waals surface area contributed by atoms with Crippen LogP contribution in [0.3, 0.4) is 0 Å². The van der Waals surface area contributed by atoms with Gasteiger partial charge in [0, 0.05) is 23.9 Å². The van der Waals surface area contributed by atoms with Gasteiger partial charge in [0.1, 0.15) is 5.58 Å². The van der Waals surface area contributed by atoms with Gasteiger partial charge in [-0.25, -0.2) is 14.4 Å². The Morgan fingerprint density at radius 3 is 2.21 bits per heavy atom. The molecule has 1 atom stereocenters. The lowest BCUT2D eigenvalue weighted by Gasteiger charge is -2.16. The Morgan fingerprint density at radius 2 is 1.71 bits per heavy atom. The number of methoxy groups -OCH3 is 2. The molecule has 0 amide bonds. The van der Waals surface area contributed by atoms with E-state index in [4.69, 9.17) is 19.0 Å². The van der Waals surface area contributed by atoms with Crippen LogP contribution in [0.1, 0.15) is 5.56 Å². The number of benzene rings is 1. The van der Waals surface area contributed by atoms with Crippen molar-refractivity contribution in [2.45, 2.75) is 18.7 Å². The minimum Gasteiger partial charge on any atom is -0.493 e. The zero-order valence-corrected chi connectivity index (χ0v) is 14.7. The fraction of sp³-hybridized carbons (Fsp3) is 0.312. The number of esters is 1. The van der Waals surface area contributed by atoms with E-state index in [-0.39, 0.29) is 34.2 Å². The maximum absolute atomic E-state index is 12.3. The number of fused-ring (bicyclic) bond motifs is 1. The van der Waals surface area contributed by atoms with Crippen LogP contribution >= 0.6 is 0 Å². The second-order valence-corrected chi connectivity index (χ2v) is 5.23. The highest BCUT2D eigenvalue weighted by Gasteiger charge is 2.43. The first-order valence-corrected chi connectivity index (χ1v) is 7.26. The molecule has 0 saturated carbocycles. The van der Waals surface area contributed by atoms with Crippen LogP contribution in [0.25, 0.3) is 11.0 Å². The molecule has 154 valence electrons. The number of carbonyl (C=O) groups is 2. The Hall–Kier alpha value is -3.28. The lowest BCUT2D eigenvalue weighted by atomic mass is 10.0. The predicted molar refractivity (Wildman–Crippen MR) is 87.9 cm³/mol. The number of hydrogen-bond acceptors (Lipinski definition) is 8. The summed E-state index contributed by atoms with van der Waals surface area (Å²) in [5, 5.41) is 9.26. The summed E-state index contributed by atoms with van der Waals surface area (Å²) in [5.74, 6) is -4.04. The summed E-state index contributed by atoms with van der Waals surface area (Å²) >= 11 is 0. The monoisotopic (exact) mass is 407 g/mol. The molecule has 0 bridgehead atoms. The number of hydrogen-bond donors (Lipinski definition) is 2. The maximum Gasteiger partial charge on any atom is 0.490 e. The Morgan fingerprint density at radius 1 is 1.14 bits per heavy atom. The van der Waals surface area contributed by atoms with Gasteiger partial charge in [-0.15, -0.1) is 0 Å². The number of aliphatic carboxylic acids is 1. The van der Waals surface area contributed by atoms with Gasteiger partial charge in [0.05, 0.1) is 14.2 Å². The van der Waals surface area contributed by atoms with E-state index < -0.39 is 36.3 Å². The molecule has 4 N–H and O–H groups in total. The van der Waals surface area contributed by atoms with Gasteiger partial charge in [-0.05, 0) is 11.6 Å². The normalized spacial score (nSPS) is 12.0. The van der Waals surface area contributed by atoms with Crippen LogP contribution in [0.5, 0.6) is 11.5 Å². The van der Waals surface area contributed by atoms with Gasteiger partial charge in [0.25, 0.3) is 0 Å². The third-order valence-corrected chi connectivity index (χ3v) is 3.50. The molecule has 1 heterocycles. The van der Waals surface area contributed by atoms with Crippen LogP contribution in [-0.2, 0) is 20.7 Å². The number of halogens is 3. The van der Waals surface area contributed by atoms with Crippen LogP contribution in [-0.4, -0.2) is 43.5 Å². The molecule has 0 saturated heterocycles. The molecule has 9 nitrogen and oxygen atoms in total. The lowest BCUT2D eigenvalue weighted by Crippen LogP contribution is -2.35. The van der Waals surface area contributed by atoms with Gasteiger partial charge >= 0.3 is 23.7 Å². The maximum atomic E-state index is 12.3. The second-order valence-electron chi connectivity index (χ2n) is 5.23. The smallest absolute Gasteiger partial charge is 0.490 e. The van der Waals surface area contributed by atoms with Gasteiger partial charge < -0.3 is 29.9 Å². The highest BCUT2D eigenvalue weighted by atomic mass is 19.4. The molecular weight excluding hydrogens is 391 g/mol. The Kier molecular flexibility index (Phi) is 7.00. The third kappa shape index (κ3) is 4.91. The summed E-state index contributed by atoms with van der Waals surface area (Å²) in [6.07, 6.45) is -8.23. The van der Waals surface area contributed by atoms with Crippen LogP contribution in [0.2, 0.25) is 0 Å². The number of alkyl halides is 3. The molecule has 28 heavy (non-hydrogen) atoms. The minimum absolute atomic E-state index is 0. The number of carbonyl (C=O) groups excluding carboxylic acids is 1. The quantitative estimate of drug-likeness (QED) is 0.542. The molecule has 2 rings (SSSR count). The van der Waals surface area contributed by atoms with Gasteiger partial charge in [-0.1, -0.05) is 0 Å². The standard InChI is InChI=1S/C16H13F3O8.H3N/c1-24-10-5-8-7(4-13(20)26-9(8)6-11(10)25-2)3-12(14(21)22)27-15(23)16(17,18)19;/h4-6,12H,3H2,1-2H3,(H,21,22);1H3/t12-;/m0./s1. The van der Waals surface area contributed by atoms with E-state index in [0.717, 1.165) is 6.07 Å². The van der Waals surface area contributed by atoms with Gasteiger partial charge in [-0.3, -0.25) is 0 Å². The van der Waals surface area contributed by atoms with Gasteiger partial charge in [-0.2, -0.15) is 13.2 Å². The second kappa shape index (κ2) is 8.61. The molecule has 0 spiro atoms. The molecule has 2 aromatic rings. The van der Waals surface area contributed by atoms with E-state index in [0.29, 0.717) is 0 Å². The van der Waals surface area contributed by atoms with Crippen molar-refractivity contribution in [1.82, 2.24) is 6.15 Å². The average molecular weight is 407 g/mol. The summed E-state index contributed by atoms with van der Waals surface area (Å²) in [6.45, 7) is 0. The number of carboxylic acid groups (broad SMARTS) is 1. The van der Waals surface area contributed by atoms with Crippen molar-refractivity contribution in [1.29, 1.82) is 0 Å². The van der Waals surface area contributed by atoms with Crippen molar-refractivity contribution in [3.05, 3.63) is 34.2 Å². The van der Waals surface area contributed by atoms with E-state index in [1.165, 1.54) is 26.4 Å². The highest BCUT2D eigenvalue weighted by Crippen LogP contribution is 2.33. The SMILES string of the molecule is COc1cc2oc(=O)cc(C[C@H](OC(=O)C(F)(F)F)C(=O)O)c2cc1OC.N. The van der Waals surface area contributed by atoms with Crippen LogP contribution in [0.15, 0.2) is 27.4 Å². The fourth-order valence-corrected chi connectivity index (χ4v) is 2.30. The molecule has 0 fully saturated rings. The van der Waals surface area contributed by atoms with E-state index in [1.54, 1.807) is 0 Å². The van der Waals surface area contributed by atoms with E-state index in [9.17, 15) is 27.6 Å². The summed E-state index contributed by atoms with van der Waals surface area (Å²) in [5.41, 5.74) is -0.901. The van der Waals surface area contributed by atoms with E-state index in [2.05, 4.69) is 4.74 Å². The highest BCUT2D eigenvalue weighted by molar-refractivity contribution is 5.86. The molecule has 0 aliphatic heterocycles. The average Bonchev–Trinajstić information content (AvgIpc) is 2.58. The number of rotatable bonds is 6. The summed E-state index contributed by atoms with van der Waals surface area (Å²) in [7, 11) is 2.66. The Balaban J connectivity index is 0.00000392. The zero-order chi connectivity index (χ0) is 20.4. The van der Waals surface area contributed by atoms with E-state index >= 15 is 0 Å². The van der Waals surface area contributed by atoms with Crippen molar-refractivity contribution in [3.63, 3.8) is 0 Å². The molecule has 0 radical (unpaired) electrons. The van der Waals surface area contributed by atoms with Crippen molar-refractivity contribution in [3.8, 4) is 11.5 Å². The summed E-state index contributed by atoms with van der Waals surface area (Å²) < 4.78 is 56.2. The Labute approximate surface area is 155 Å². The fourth-order valence-electron chi connectivity index (χ4n) is 2.30. The third-order valence-electron chi connectivity index (χ3n) is 3.50. The van der Waals surface area contributed by atoms with Crippen LogP contribution < -0.4 is 21.2 Å². The largest absolute Gasteiger partial charge is 0.493 e. The molecule has 1 aromatic carbocycles. The predicted octanol–water partition coefficient (Wildman–Crippen LogP) is 2.07. The molecule has 1 aromatic heterocycles. The minimum atomic E-state index is -5.36. The molecular formula is C16H16F3NO8. The van der Waals surface area contributed by atoms with E-state index in [1.807, 2.05) is 0 Å². The van der Waals surface area contributed by atoms with Crippen molar-refractivity contribution in [2.24, 2.45) is 0 Å². The van der Waals surface area contributed by atoms with Crippen LogP contribution in [0.4, 0.5) is 13.2 Å². The molecule has 0 aliphatic rings. The molecule has 0 aliphatic carbocycles. The first-order chi connectivity index (χ1) is 12.6. The Bertz CT molecular complexity index is 938.